The third-order valence-corrected chi connectivity index (χ3v) is 3.49. The summed E-state index contributed by atoms with van der Waals surface area (Å²) in [6.07, 6.45) is 1.74. The molecule has 3 unspecified atom stereocenters. The summed E-state index contributed by atoms with van der Waals surface area (Å²) >= 11 is 0. The Bertz CT molecular complexity index is 282. The van der Waals surface area contributed by atoms with Gasteiger partial charge in [-0.05, 0) is 33.2 Å². The molecule has 5 nitrogen and oxygen atoms in total. The summed E-state index contributed by atoms with van der Waals surface area (Å²) in [6.45, 7) is 5.82. The second-order valence-electron chi connectivity index (χ2n) is 5.10. The van der Waals surface area contributed by atoms with Gasteiger partial charge in [0.15, 0.2) is 6.29 Å². The van der Waals surface area contributed by atoms with Crippen molar-refractivity contribution in [1.29, 1.82) is 0 Å². The molecule has 2 saturated heterocycles. The predicted octanol–water partition coefficient (Wildman–Crippen LogP) is 1.08. The molecule has 3 atom stereocenters. The van der Waals surface area contributed by atoms with Crippen LogP contribution in [-0.4, -0.2) is 53.6 Å². The molecule has 0 radical (unpaired) electrons. The maximum absolute atomic E-state index is 10.6. The molecule has 2 aliphatic rings. The second-order valence-corrected chi connectivity index (χ2v) is 5.10. The van der Waals surface area contributed by atoms with Gasteiger partial charge in [0.05, 0.1) is 25.2 Å². The zero-order valence-electron chi connectivity index (χ0n) is 10.5. The summed E-state index contributed by atoms with van der Waals surface area (Å²) in [5.41, 5.74) is 0. The van der Waals surface area contributed by atoms with E-state index >= 15 is 0 Å². The lowest BCUT2D eigenvalue weighted by atomic mass is 10.2. The predicted molar refractivity (Wildman–Crippen MR) is 61.7 cm³/mol. The molecule has 2 fully saturated rings. The van der Waals surface area contributed by atoms with E-state index < -0.39 is 5.97 Å². The Morgan fingerprint density at radius 2 is 2.29 bits per heavy atom. The highest BCUT2D eigenvalue weighted by Crippen LogP contribution is 2.28. The molecule has 2 rings (SSSR count). The molecule has 0 spiro atoms. The lowest BCUT2D eigenvalue weighted by molar-refractivity contribution is -0.142. The van der Waals surface area contributed by atoms with Crippen molar-refractivity contribution >= 4 is 5.97 Å². The molecule has 2 aliphatic heterocycles. The number of hydrogen-bond acceptors (Lipinski definition) is 4. The maximum Gasteiger partial charge on any atom is 0.306 e. The standard InChI is InChI=1S/C12H21NO4/c1-8(2)13-5-3-4-10(13)12-16-7-9(17-12)6-11(14)15/h8-10,12H,3-7H2,1-2H3,(H,14,15). The number of hydrogen-bond donors (Lipinski definition) is 1. The van der Waals surface area contributed by atoms with Gasteiger partial charge in [-0.15, -0.1) is 0 Å². The van der Waals surface area contributed by atoms with Gasteiger partial charge >= 0.3 is 5.97 Å². The molecule has 0 aromatic carbocycles. The van der Waals surface area contributed by atoms with Crippen LogP contribution in [0.3, 0.4) is 0 Å². The molecule has 2 heterocycles. The average molecular weight is 243 g/mol. The SMILES string of the molecule is CC(C)N1CCCC1C1OCC(CC(=O)O)O1. The zero-order valence-corrected chi connectivity index (χ0v) is 10.5. The summed E-state index contributed by atoms with van der Waals surface area (Å²) in [5.74, 6) is -0.827. The monoisotopic (exact) mass is 243 g/mol. The zero-order chi connectivity index (χ0) is 12.4. The normalized spacial score (nSPS) is 34.6. The van der Waals surface area contributed by atoms with Gasteiger partial charge in [0.1, 0.15) is 0 Å². The first-order valence-electron chi connectivity index (χ1n) is 6.32. The fraction of sp³-hybridized carbons (Fsp3) is 0.917. The molecule has 17 heavy (non-hydrogen) atoms. The third kappa shape index (κ3) is 2.97. The van der Waals surface area contributed by atoms with E-state index in [1.807, 2.05) is 0 Å². The van der Waals surface area contributed by atoms with E-state index in [1.165, 1.54) is 0 Å². The highest BCUT2D eigenvalue weighted by Gasteiger charge is 2.39. The van der Waals surface area contributed by atoms with Gasteiger partial charge in [-0.3, -0.25) is 9.69 Å². The van der Waals surface area contributed by atoms with Gasteiger partial charge in [0.2, 0.25) is 0 Å². The summed E-state index contributed by atoms with van der Waals surface area (Å²) < 4.78 is 11.3. The molecular formula is C12H21NO4. The first-order chi connectivity index (χ1) is 8.08. The Balaban J connectivity index is 1.89. The Kier molecular flexibility index (Phi) is 4.01. The number of nitrogens with zero attached hydrogens (tertiary/aromatic N) is 1. The molecule has 0 aromatic heterocycles. The number of likely N-dealkylation sites (tertiary alicyclic amines) is 1. The van der Waals surface area contributed by atoms with E-state index in [2.05, 4.69) is 18.7 Å². The van der Waals surface area contributed by atoms with Crippen LogP contribution in [0.15, 0.2) is 0 Å². The molecular weight excluding hydrogens is 222 g/mol. The lowest BCUT2D eigenvalue weighted by Gasteiger charge is -2.31. The van der Waals surface area contributed by atoms with E-state index in [1.54, 1.807) is 0 Å². The van der Waals surface area contributed by atoms with Crippen molar-refractivity contribution in [3.8, 4) is 0 Å². The van der Waals surface area contributed by atoms with Crippen LogP contribution in [0.4, 0.5) is 0 Å². The summed E-state index contributed by atoms with van der Waals surface area (Å²) in [5, 5.41) is 8.72. The smallest absolute Gasteiger partial charge is 0.306 e. The average Bonchev–Trinajstić information content (AvgIpc) is 2.82. The minimum atomic E-state index is -0.827. The molecule has 0 saturated carbocycles. The van der Waals surface area contributed by atoms with Gasteiger partial charge in [0.25, 0.3) is 0 Å². The van der Waals surface area contributed by atoms with Crippen LogP contribution in [0.1, 0.15) is 33.1 Å². The number of ether oxygens (including phenoxy) is 2. The van der Waals surface area contributed by atoms with Gasteiger partial charge in [-0.2, -0.15) is 0 Å². The Morgan fingerprint density at radius 1 is 1.53 bits per heavy atom. The minimum Gasteiger partial charge on any atom is -0.481 e. The number of carboxylic acid groups (broad SMARTS) is 1. The van der Waals surface area contributed by atoms with E-state index in [0.717, 1.165) is 19.4 Å². The minimum absolute atomic E-state index is 0.0326. The van der Waals surface area contributed by atoms with Crippen molar-refractivity contribution in [2.24, 2.45) is 0 Å². The number of aliphatic carboxylic acids is 1. The second kappa shape index (κ2) is 5.33. The molecule has 0 amide bonds. The largest absolute Gasteiger partial charge is 0.481 e. The fourth-order valence-electron chi connectivity index (χ4n) is 2.72. The number of rotatable bonds is 4. The first-order valence-corrected chi connectivity index (χ1v) is 6.32. The van der Waals surface area contributed by atoms with Crippen LogP contribution in [0.2, 0.25) is 0 Å². The van der Waals surface area contributed by atoms with E-state index in [0.29, 0.717) is 12.6 Å². The maximum atomic E-state index is 10.6. The number of carboxylic acids is 1. The van der Waals surface area contributed by atoms with Gasteiger partial charge in [0, 0.05) is 6.04 Å². The van der Waals surface area contributed by atoms with E-state index in [4.69, 9.17) is 14.6 Å². The third-order valence-electron chi connectivity index (χ3n) is 3.49. The summed E-state index contributed by atoms with van der Waals surface area (Å²) in [6, 6.07) is 0.766. The summed E-state index contributed by atoms with van der Waals surface area (Å²) in [7, 11) is 0. The Morgan fingerprint density at radius 3 is 2.94 bits per heavy atom. The molecule has 0 bridgehead atoms. The van der Waals surface area contributed by atoms with Crippen LogP contribution in [-0.2, 0) is 14.3 Å². The van der Waals surface area contributed by atoms with Crippen molar-refractivity contribution in [3.63, 3.8) is 0 Å². The quantitative estimate of drug-likeness (QED) is 0.800. The first kappa shape index (κ1) is 12.8. The van der Waals surface area contributed by atoms with E-state index in [9.17, 15) is 4.79 Å². The Labute approximate surface area is 102 Å². The van der Waals surface area contributed by atoms with Crippen LogP contribution in [0, 0.1) is 0 Å². The van der Waals surface area contributed by atoms with Crippen LogP contribution in [0.25, 0.3) is 0 Å². The van der Waals surface area contributed by atoms with Crippen LogP contribution < -0.4 is 0 Å². The fourth-order valence-corrected chi connectivity index (χ4v) is 2.72. The highest BCUT2D eigenvalue weighted by molar-refractivity contribution is 5.67. The Hall–Kier alpha value is -0.650. The van der Waals surface area contributed by atoms with Gasteiger partial charge in [-0.25, -0.2) is 0 Å². The van der Waals surface area contributed by atoms with Crippen molar-refractivity contribution < 1.29 is 19.4 Å². The van der Waals surface area contributed by atoms with Gasteiger partial charge in [-0.1, -0.05) is 0 Å². The van der Waals surface area contributed by atoms with Crippen molar-refractivity contribution in [2.75, 3.05) is 13.2 Å². The summed E-state index contributed by atoms with van der Waals surface area (Å²) in [4.78, 5) is 13.0. The molecule has 0 aliphatic carbocycles. The van der Waals surface area contributed by atoms with Crippen LogP contribution >= 0.6 is 0 Å². The molecule has 5 heteroatoms. The van der Waals surface area contributed by atoms with Crippen molar-refractivity contribution in [2.45, 2.75) is 57.6 Å². The topological polar surface area (TPSA) is 59.0 Å². The van der Waals surface area contributed by atoms with E-state index in [-0.39, 0.29) is 24.9 Å². The van der Waals surface area contributed by atoms with Crippen LogP contribution in [0.5, 0.6) is 0 Å². The lowest BCUT2D eigenvalue weighted by Crippen LogP contribution is -2.43. The van der Waals surface area contributed by atoms with Crippen molar-refractivity contribution in [3.05, 3.63) is 0 Å². The molecule has 0 aromatic rings. The van der Waals surface area contributed by atoms with Crippen molar-refractivity contribution in [1.82, 2.24) is 4.90 Å². The number of carbonyl (C=O) groups is 1. The molecule has 1 N–H and O–H groups in total. The van der Waals surface area contributed by atoms with Gasteiger partial charge < -0.3 is 14.6 Å². The molecule has 98 valence electrons. The highest BCUT2D eigenvalue weighted by atomic mass is 16.7.